The minimum atomic E-state index is -5.58. The molecule has 1 aliphatic rings. The van der Waals surface area contributed by atoms with Crippen molar-refractivity contribution in [1.82, 2.24) is 9.55 Å². The van der Waals surface area contributed by atoms with Crippen molar-refractivity contribution < 1.29 is 36.9 Å². The number of nitrogens with zero attached hydrogens (tertiary/aromatic N) is 2. The van der Waals surface area contributed by atoms with Crippen LogP contribution in [0, 0.1) is 10.6 Å². The highest BCUT2D eigenvalue weighted by Crippen LogP contribution is 2.51. The normalized spacial score (nSPS) is 32.4. The molecule has 1 aromatic rings. The zero-order valence-electron chi connectivity index (χ0n) is 10.6. The number of nitrogen functional groups attached to an aromatic ring is 1. The average Bonchev–Trinajstić information content (AvgIpc) is 2.67. The summed E-state index contributed by atoms with van der Waals surface area (Å²) in [5.41, 5.74) is 0.793. The van der Waals surface area contributed by atoms with Gasteiger partial charge in [0, 0.05) is 6.20 Å². The van der Waals surface area contributed by atoms with Gasteiger partial charge in [0.25, 0.3) is 5.67 Å². The van der Waals surface area contributed by atoms with Gasteiger partial charge in [-0.1, -0.05) is 0 Å². The van der Waals surface area contributed by atoms with Gasteiger partial charge < -0.3 is 20.7 Å². The Hall–Kier alpha value is -1.37. The molecule has 22 heavy (non-hydrogen) atoms. The lowest BCUT2D eigenvalue weighted by Crippen LogP contribution is -2.54. The molecule has 1 fully saturated rings. The topological polar surface area (TPSA) is 93.5 Å². The monoisotopic (exact) mass is 347 g/mol. The van der Waals surface area contributed by atoms with E-state index < -0.39 is 53.3 Å². The highest BCUT2D eigenvalue weighted by molar-refractivity contribution is 7.71. The molecular weight excluding hydrogens is 337 g/mol. The Morgan fingerprint density at radius 1 is 1.50 bits per heavy atom. The summed E-state index contributed by atoms with van der Waals surface area (Å²) >= 11 is 4.62. The summed E-state index contributed by atoms with van der Waals surface area (Å²) in [6.45, 7) is -1.09. The van der Waals surface area contributed by atoms with Crippen LogP contribution in [0.25, 0.3) is 0 Å². The molecule has 6 nitrogen and oxygen atoms in total. The fraction of sp³-hybridized carbons (Fsp3) is 0.600. The second kappa shape index (κ2) is 5.37. The van der Waals surface area contributed by atoms with Crippen LogP contribution in [0.5, 0.6) is 0 Å². The highest BCUT2D eigenvalue weighted by atomic mass is 32.1. The molecule has 124 valence electrons. The van der Waals surface area contributed by atoms with E-state index in [0.29, 0.717) is 6.20 Å². The van der Waals surface area contributed by atoms with Crippen molar-refractivity contribution in [3.63, 3.8) is 0 Å². The van der Waals surface area contributed by atoms with Gasteiger partial charge in [-0.3, -0.25) is 4.57 Å². The molecule has 12 heteroatoms. The number of alkyl halides is 4. The van der Waals surface area contributed by atoms with E-state index in [1.54, 1.807) is 0 Å². The van der Waals surface area contributed by atoms with Crippen LogP contribution in [0.2, 0.25) is 0 Å². The van der Waals surface area contributed by atoms with Crippen LogP contribution >= 0.6 is 12.2 Å². The molecule has 1 aromatic heterocycles. The lowest BCUT2D eigenvalue weighted by atomic mass is 9.95. The quantitative estimate of drug-likeness (QED) is 0.543. The number of ether oxygens (including phenoxy) is 1. The molecule has 0 bridgehead atoms. The Labute approximate surface area is 124 Å². The number of nitrogens with two attached hydrogens (primary N) is 1. The average molecular weight is 347 g/mol. The van der Waals surface area contributed by atoms with Gasteiger partial charge in [0.05, 0.1) is 6.61 Å². The predicted molar refractivity (Wildman–Crippen MR) is 64.3 cm³/mol. The second-order valence-corrected chi connectivity index (χ2v) is 4.95. The minimum Gasteiger partial charge on any atom is -0.394 e. The summed E-state index contributed by atoms with van der Waals surface area (Å²) in [5.74, 6) is -1.93. The van der Waals surface area contributed by atoms with Crippen LogP contribution in [0.1, 0.15) is 6.23 Å². The smallest absolute Gasteiger partial charge is 0.394 e. The second-order valence-electron chi connectivity index (χ2n) is 4.58. The Kier molecular flexibility index (Phi) is 4.14. The van der Waals surface area contributed by atoms with E-state index in [1.165, 1.54) is 0 Å². The SMILES string of the molecule is Nc1nc(=S)n(C2OC(CO)C(O)C2(F)C(F)(F)F)cc1F. The van der Waals surface area contributed by atoms with Crippen LogP contribution in [0.3, 0.4) is 0 Å². The number of aliphatic hydroxyl groups excluding tert-OH is 2. The summed E-state index contributed by atoms with van der Waals surface area (Å²) in [7, 11) is 0. The third kappa shape index (κ3) is 2.35. The van der Waals surface area contributed by atoms with Crippen molar-refractivity contribution in [2.75, 3.05) is 12.3 Å². The van der Waals surface area contributed by atoms with E-state index in [-0.39, 0.29) is 4.57 Å². The van der Waals surface area contributed by atoms with Gasteiger partial charge in [-0.15, -0.1) is 0 Å². The third-order valence-corrected chi connectivity index (χ3v) is 3.55. The largest absolute Gasteiger partial charge is 0.429 e. The first kappa shape index (κ1) is 17.0. The maximum Gasteiger partial charge on any atom is 0.429 e. The van der Waals surface area contributed by atoms with Crippen molar-refractivity contribution in [1.29, 1.82) is 0 Å². The van der Waals surface area contributed by atoms with E-state index in [1.807, 2.05) is 0 Å². The molecule has 0 aromatic carbocycles. The maximum absolute atomic E-state index is 14.6. The Bertz CT molecular complexity index is 639. The Morgan fingerprint density at radius 3 is 2.59 bits per heavy atom. The van der Waals surface area contributed by atoms with E-state index in [0.717, 1.165) is 0 Å². The van der Waals surface area contributed by atoms with E-state index >= 15 is 0 Å². The Balaban J connectivity index is 2.62. The number of rotatable bonds is 2. The van der Waals surface area contributed by atoms with Crippen LogP contribution in [0.4, 0.5) is 27.8 Å². The Morgan fingerprint density at radius 2 is 2.09 bits per heavy atom. The molecular formula is C10H10F5N3O3S. The van der Waals surface area contributed by atoms with Crippen molar-refractivity contribution in [2.24, 2.45) is 0 Å². The van der Waals surface area contributed by atoms with Crippen molar-refractivity contribution >= 4 is 18.0 Å². The number of hydrogen-bond acceptors (Lipinski definition) is 6. The molecule has 2 rings (SSSR count). The van der Waals surface area contributed by atoms with Crippen molar-refractivity contribution in [2.45, 2.75) is 30.3 Å². The van der Waals surface area contributed by atoms with Gasteiger partial charge >= 0.3 is 6.18 Å². The van der Waals surface area contributed by atoms with Gasteiger partial charge in [-0.05, 0) is 12.2 Å². The summed E-state index contributed by atoms with van der Waals surface area (Å²) in [6, 6.07) is 0. The van der Waals surface area contributed by atoms with E-state index in [4.69, 9.17) is 10.8 Å². The van der Waals surface area contributed by atoms with Gasteiger partial charge in [0.1, 0.15) is 12.2 Å². The van der Waals surface area contributed by atoms with Gasteiger partial charge in [-0.25, -0.2) is 8.78 Å². The molecule has 0 aliphatic carbocycles. The zero-order chi connectivity index (χ0) is 16.9. The lowest BCUT2D eigenvalue weighted by molar-refractivity contribution is -0.273. The van der Waals surface area contributed by atoms with Crippen LogP contribution in [0.15, 0.2) is 6.20 Å². The summed E-state index contributed by atoms with van der Waals surface area (Å²) < 4.78 is 71.4. The van der Waals surface area contributed by atoms with Crippen LogP contribution in [-0.2, 0) is 4.74 Å². The zero-order valence-corrected chi connectivity index (χ0v) is 11.4. The fourth-order valence-electron chi connectivity index (χ4n) is 2.10. The highest BCUT2D eigenvalue weighted by Gasteiger charge is 2.72. The fourth-order valence-corrected chi connectivity index (χ4v) is 2.35. The minimum absolute atomic E-state index is 0.257. The first-order valence-electron chi connectivity index (χ1n) is 5.78. The number of aromatic nitrogens is 2. The first-order chi connectivity index (χ1) is 10.0. The van der Waals surface area contributed by atoms with Gasteiger partial charge in [-0.2, -0.15) is 18.2 Å². The first-order valence-corrected chi connectivity index (χ1v) is 6.19. The van der Waals surface area contributed by atoms with E-state index in [9.17, 15) is 27.1 Å². The van der Waals surface area contributed by atoms with Crippen LogP contribution < -0.4 is 5.73 Å². The molecule has 2 heterocycles. The standard InChI is InChI=1S/C10H10F5N3O3S/c11-3-1-18(8(22)17-6(3)16)7-9(12,10(13,14)15)5(20)4(2-19)21-7/h1,4-5,7,19-20H,2H2,(H2,16,17,22). The molecule has 0 amide bonds. The number of aliphatic hydroxyl groups is 2. The molecule has 0 saturated carbocycles. The lowest BCUT2D eigenvalue weighted by Gasteiger charge is -2.31. The van der Waals surface area contributed by atoms with Gasteiger partial charge in [0.2, 0.25) is 4.77 Å². The molecule has 0 spiro atoms. The summed E-state index contributed by atoms with van der Waals surface area (Å²) in [4.78, 5) is 3.26. The summed E-state index contributed by atoms with van der Waals surface area (Å²) in [5, 5.41) is 18.4. The van der Waals surface area contributed by atoms with E-state index in [2.05, 4.69) is 21.9 Å². The van der Waals surface area contributed by atoms with Gasteiger partial charge in [0.15, 0.2) is 17.9 Å². The molecule has 4 unspecified atom stereocenters. The third-order valence-electron chi connectivity index (χ3n) is 3.25. The molecule has 1 aliphatic heterocycles. The number of hydrogen-bond donors (Lipinski definition) is 3. The predicted octanol–water partition coefficient (Wildman–Crippen LogP) is 0.855. The maximum atomic E-state index is 14.6. The van der Waals surface area contributed by atoms with Crippen LogP contribution in [-0.4, -0.2) is 50.4 Å². The molecule has 1 saturated heterocycles. The number of anilines is 1. The number of halogens is 5. The van der Waals surface area contributed by atoms with Crippen molar-refractivity contribution in [3.8, 4) is 0 Å². The molecule has 4 atom stereocenters. The molecule has 4 N–H and O–H groups in total. The molecule has 0 radical (unpaired) electrons. The van der Waals surface area contributed by atoms with Crippen molar-refractivity contribution in [3.05, 3.63) is 16.8 Å². The summed E-state index contributed by atoms with van der Waals surface area (Å²) in [6.07, 6.45) is -12.4.